The molecular weight excluding hydrogens is 218 g/mol. The maximum absolute atomic E-state index is 11.7. The minimum Gasteiger partial charge on any atom is -0.394 e. The molecule has 1 aromatic carbocycles. The fraction of sp³-hybridized carbons (Fsp3) is 0.100. The lowest BCUT2D eigenvalue weighted by molar-refractivity contribution is 1.50. The van der Waals surface area contributed by atoms with Crippen molar-refractivity contribution in [2.24, 2.45) is 0 Å². The van der Waals surface area contributed by atoms with Gasteiger partial charge in [-0.05, 0) is 19.1 Å². The first-order valence-electron chi connectivity index (χ1n) is 4.08. The van der Waals surface area contributed by atoms with Crippen LogP contribution >= 0.6 is 22.9 Å². The van der Waals surface area contributed by atoms with Crippen LogP contribution in [-0.2, 0) is 0 Å². The van der Waals surface area contributed by atoms with Crippen LogP contribution < -0.4 is 11.2 Å². The summed E-state index contributed by atoms with van der Waals surface area (Å²) in [5.41, 5.74) is 6.58. The molecule has 72 valence electrons. The maximum Gasteiger partial charge on any atom is 0.212 e. The Bertz CT molecular complexity index is 562. The second kappa shape index (κ2) is 3.26. The molecule has 2 rings (SSSR count). The topological polar surface area (TPSA) is 43.1 Å². The highest BCUT2D eigenvalue weighted by Crippen LogP contribution is 2.27. The smallest absolute Gasteiger partial charge is 0.212 e. The molecule has 2 aromatic rings. The average Bonchev–Trinajstić information content (AvgIpc) is 2.16. The highest BCUT2D eigenvalue weighted by molar-refractivity contribution is 7.22. The molecule has 0 bridgehead atoms. The Balaban J connectivity index is 2.99. The lowest BCUT2D eigenvalue weighted by Gasteiger charge is -2.01. The molecule has 0 aliphatic carbocycles. The van der Waals surface area contributed by atoms with Gasteiger partial charge in [-0.25, -0.2) is 0 Å². The van der Waals surface area contributed by atoms with Crippen LogP contribution in [-0.4, -0.2) is 0 Å². The van der Waals surface area contributed by atoms with Crippen LogP contribution in [0, 0.1) is 6.92 Å². The number of hydrogen-bond acceptors (Lipinski definition) is 3. The van der Waals surface area contributed by atoms with Crippen molar-refractivity contribution in [3.8, 4) is 0 Å². The summed E-state index contributed by atoms with van der Waals surface area (Å²) >= 11 is 7.16. The Morgan fingerprint density at radius 3 is 2.86 bits per heavy atom. The summed E-state index contributed by atoms with van der Waals surface area (Å²) in [6, 6.07) is 5.67. The summed E-state index contributed by atoms with van der Waals surface area (Å²) in [4.78, 5) is 11.7. The van der Waals surface area contributed by atoms with E-state index in [4.69, 9.17) is 17.3 Å². The number of rotatable bonds is 0. The Morgan fingerprint density at radius 2 is 2.14 bits per heavy atom. The van der Waals surface area contributed by atoms with Crippen LogP contribution in [0.2, 0.25) is 4.34 Å². The molecule has 2 nitrogen and oxygen atoms in total. The Labute approximate surface area is 89.9 Å². The van der Waals surface area contributed by atoms with Gasteiger partial charge in [-0.2, -0.15) is 0 Å². The standard InChI is InChI=1S/C10H8ClNOS/c1-5-2-3-7-6(4-5)9(13)8(12)10(11)14-7/h2-4H,12H2,1H3. The summed E-state index contributed by atoms with van der Waals surface area (Å²) in [7, 11) is 0. The first kappa shape index (κ1) is 9.49. The molecule has 0 amide bonds. The lowest BCUT2D eigenvalue weighted by atomic mass is 10.2. The number of fused-ring (bicyclic) bond motifs is 1. The minimum absolute atomic E-state index is 0.148. The highest BCUT2D eigenvalue weighted by Gasteiger charge is 2.07. The lowest BCUT2D eigenvalue weighted by Crippen LogP contribution is -2.07. The van der Waals surface area contributed by atoms with E-state index in [1.807, 2.05) is 25.1 Å². The second-order valence-corrected chi connectivity index (χ2v) is 4.77. The van der Waals surface area contributed by atoms with Gasteiger partial charge < -0.3 is 5.73 Å². The zero-order valence-corrected chi connectivity index (χ0v) is 9.08. The molecule has 2 N–H and O–H groups in total. The largest absolute Gasteiger partial charge is 0.394 e. The van der Waals surface area contributed by atoms with Crippen LogP contribution in [0.5, 0.6) is 0 Å². The summed E-state index contributed by atoms with van der Waals surface area (Å²) < 4.78 is 1.24. The molecule has 0 aliphatic rings. The fourth-order valence-corrected chi connectivity index (χ4v) is 2.42. The molecule has 0 unspecified atom stereocenters. The van der Waals surface area contributed by atoms with Crippen molar-refractivity contribution in [3.63, 3.8) is 0 Å². The fourth-order valence-electron chi connectivity index (χ4n) is 1.30. The van der Waals surface area contributed by atoms with Gasteiger partial charge in [-0.1, -0.05) is 23.2 Å². The second-order valence-electron chi connectivity index (χ2n) is 3.12. The molecule has 0 fully saturated rings. The van der Waals surface area contributed by atoms with Crippen molar-refractivity contribution in [2.45, 2.75) is 6.92 Å². The minimum atomic E-state index is -0.174. The molecule has 0 saturated heterocycles. The van der Waals surface area contributed by atoms with Gasteiger partial charge in [0, 0.05) is 10.1 Å². The van der Waals surface area contributed by atoms with E-state index in [2.05, 4.69) is 0 Å². The van der Waals surface area contributed by atoms with Gasteiger partial charge in [-0.15, -0.1) is 11.3 Å². The van der Waals surface area contributed by atoms with E-state index in [-0.39, 0.29) is 11.1 Å². The number of aryl methyl sites for hydroxylation is 1. The highest BCUT2D eigenvalue weighted by atomic mass is 35.5. The molecule has 14 heavy (non-hydrogen) atoms. The third kappa shape index (κ3) is 1.38. The molecular formula is C10H8ClNOS. The molecule has 1 aromatic heterocycles. The van der Waals surface area contributed by atoms with Crippen LogP contribution in [0.25, 0.3) is 10.1 Å². The molecule has 0 radical (unpaired) electrons. The Hall–Kier alpha value is -1.06. The SMILES string of the molecule is Cc1ccc2sc(Cl)c(N)c(=O)c2c1. The number of nitrogens with two attached hydrogens (primary N) is 1. The van der Waals surface area contributed by atoms with E-state index in [1.54, 1.807) is 0 Å². The quantitative estimate of drug-likeness (QED) is 0.749. The third-order valence-corrected chi connectivity index (χ3v) is 3.45. The van der Waals surface area contributed by atoms with E-state index >= 15 is 0 Å². The molecule has 0 aliphatic heterocycles. The van der Waals surface area contributed by atoms with Gasteiger partial charge in [0.05, 0.1) is 0 Å². The normalized spacial score (nSPS) is 10.7. The predicted molar refractivity (Wildman–Crippen MR) is 62.3 cm³/mol. The maximum atomic E-state index is 11.7. The van der Waals surface area contributed by atoms with E-state index in [9.17, 15) is 4.79 Å². The van der Waals surface area contributed by atoms with E-state index in [0.29, 0.717) is 9.72 Å². The van der Waals surface area contributed by atoms with Gasteiger partial charge in [-0.3, -0.25) is 4.79 Å². The first-order valence-corrected chi connectivity index (χ1v) is 5.27. The first-order chi connectivity index (χ1) is 6.59. The van der Waals surface area contributed by atoms with Gasteiger partial charge in [0.25, 0.3) is 0 Å². The van der Waals surface area contributed by atoms with Gasteiger partial charge in [0.2, 0.25) is 5.43 Å². The van der Waals surface area contributed by atoms with Crippen molar-refractivity contribution >= 4 is 38.7 Å². The van der Waals surface area contributed by atoms with Crippen molar-refractivity contribution in [3.05, 3.63) is 38.3 Å². The van der Waals surface area contributed by atoms with E-state index in [0.717, 1.165) is 10.3 Å². The van der Waals surface area contributed by atoms with Crippen LogP contribution in [0.1, 0.15) is 5.56 Å². The van der Waals surface area contributed by atoms with Crippen molar-refractivity contribution < 1.29 is 0 Å². The summed E-state index contributed by atoms with van der Waals surface area (Å²) in [6.07, 6.45) is 0. The van der Waals surface area contributed by atoms with E-state index in [1.165, 1.54) is 11.3 Å². The molecule has 0 atom stereocenters. The van der Waals surface area contributed by atoms with Crippen molar-refractivity contribution in [1.82, 2.24) is 0 Å². The molecule has 4 heteroatoms. The number of hydrogen-bond donors (Lipinski definition) is 1. The Kier molecular flexibility index (Phi) is 2.21. The predicted octanol–water partition coefficient (Wildman–Crippen LogP) is 2.81. The van der Waals surface area contributed by atoms with Crippen LogP contribution in [0.15, 0.2) is 23.0 Å². The summed E-state index contributed by atoms with van der Waals surface area (Å²) in [5.74, 6) is 0. The monoisotopic (exact) mass is 225 g/mol. The van der Waals surface area contributed by atoms with Gasteiger partial charge >= 0.3 is 0 Å². The molecule has 0 saturated carbocycles. The number of anilines is 1. The number of benzene rings is 1. The van der Waals surface area contributed by atoms with Crippen LogP contribution in [0.3, 0.4) is 0 Å². The van der Waals surface area contributed by atoms with Crippen LogP contribution in [0.4, 0.5) is 5.69 Å². The van der Waals surface area contributed by atoms with Crippen molar-refractivity contribution in [1.29, 1.82) is 0 Å². The summed E-state index contributed by atoms with van der Waals surface area (Å²) in [6.45, 7) is 1.94. The number of nitrogen functional groups attached to an aromatic ring is 1. The molecule has 1 heterocycles. The van der Waals surface area contributed by atoms with Crippen molar-refractivity contribution in [2.75, 3.05) is 5.73 Å². The molecule has 0 spiro atoms. The Morgan fingerprint density at radius 1 is 1.43 bits per heavy atom. The zero-order valence-electron chi connectivity index (χ0n) is 7.50. The van der Waals surface area contributed by atoms with Gasteiger partial charge in [0.15, 0.2) is 0 Å². The zero-order chi connectivity index (χ0) is 10.3. The third-order valence-electron chi connectivity index (χ3n) is 2.04. The summed E-state index contributed by atoms with van der Waals surface area (Å²) in [5, 5.41) is 0.650. The van der Waals surface area contributed by atoms with E-state index < -0.39 is 0 Å². The van der Waals surface area contributed by atoms with Gasteiger partial charge in [0.1, 0.15) is 10.0 Å². The average molecular weight is 226 g/mol. The number of halogens is 1.